The Morgan fingerprint density at radius 2 is 1.89 bits per heavy atom. The first-order valence-electron chi connectivity index (χ1n) is 5.13. The summed E-state index contributed by atoms with van der Waals surface area (Å²) in [6.07, 6.45) is 1.20. The predicted molar refractivity (Wildman–Crippen MR) is 61.8 cm³/mol. The van der Waals surface area contributed by atoms with E-state index in [0.717, 1.165) is 0 Å². The summed E-state index contributed by atoms with van der Waals surface area (Å²) < 4.78 is 0. The number of aromatic carboxylic acids is 1. The number of carboxylic acid groups (broad SMARTS) is 1. The molecule has 2 rings (SSSR count). The molecule has 0 amide bonds. The van der Waals surface area contributed by atoms with Crippen LogP contribution in [0.3, 0.4) is 0 Å². The van der Waals surface area contributed by atoms with Crippen LogP contribution >= 0.6 is 0 Å². The first-order chi connectivity index (χ1) is 8.52. The lowest BCUT2D eigenvalue weighted by Gasteiger charge is -2.06. The number of carbonyl (C=O) groups excluding carboxylic acids is 1. The van der Waals surface area contributed by atoms with E-state index in [4.69, 9.17) is 5.11 Å². The number of carbonyl (C=O) groups is 2. The molecule has 0 fully saturated rings. The van der Waals surface area contributed by atoms with Crippen molar-refractivity contribution in [1.29, 1.82) is 0 Å². The molecule has 0 aliphatic carbocycles. The van der Waals surface area contributed by atoms with Gasteiger partial charge in [-0.15, -0.1) is 9.94 Å². The van der Waals surface area contributed by atoms with Crippen LogP contribution in [-0.4, -0.2) is 32.0 Å². The molecule has 0 saturated heterocycles. The zero-order valence-corrected chi connectivity index (χ0v) is 9.49. The number of rotatable bonds is 3. The van der Waals surface area contributed by atoms with Gasteiger partial charge in [-0.25, -0.2) is 4.79 Å². The zero-order chi connectivity index (χ0) is 13.3. The van der Waals surface area contributed by atoms with Crippen LogP contribution < -0.4 is 0 Å². The third kappa shape index (κ3) is 1.84. The normalized spacial score (nSPS) is 10.3. The lowest BCUT2D eigenvalue weighted by molar-refractivity contribution is 0.0697. The van der Waals surface area contributed by atoms with Crippen molar-refractivity contribution < 1.29 is 19.9 Å². The van der Waals surface area contributed by atoms with Crippen molar-refractivity contribution in [1.82, 2.24) is 9.94 Å². The summed E-state index contributed by atoms with van der Waals surface area (Å²) in [5.74, 6) is -1.44. The number of carboxylic acids is 1. The molecule has 0 radical (unpaired) electrons. The highest BCUT2D eigenvalue weighted by Crippen LogP contribution is 2.26. The zero-order valence-electron chi connectivity index (χ0n) is 9.49. The second-order valence-corrected chi connectivity index (χ2v) is 3.70. The molecular weight excluding hydrogens is 236 g/mol. The molecule has 0 atom stereocenters. The highest BCUT2D eigenvalue weighted by molar-refractivity contribution is 6.03. The van der Waals surface area contributed by atoms with Gasteiger partial charge in [0.05, 0.1) is 17.3 Å². The van der Waals surface area contributed by atoms with E-state index in [-0.39, 0.29) is 28.2 Å². The Morgan fingerprint density at radius 3 is 2.50 bits per heavy atom. The van der Waals surface area contributed by atoms with Gasteiger partial charge in [0.25, 0.3) is 0 Å². The Labute approximate surface area is 102 Å². The van der Waals surface area contributed by atoms with Gasteiger partial charge in [0.2, 0.25) is 0 Å². The van der Waals surface area contributed by atoms with E-state index in [2.05, 4.69) is 5.10 Å². The van der Waals surface area contributed by atoms with E-state index in [9.17, 15) is 14.8 Å². The van der Waals surface area contributed by atoms with Crippen molar-refractivity contribution in [3.05, 3.63) is 41.6 Å². The SMILES string of the molecule is CC(=O)c1cnn(O)c1-c1ccccc1C(=O)O. The molecular formula is C12H10N2O4. The molecule has 0 unspecified atom stereocenters. The molecule has 0 aliphatic heterocycles. The van der Waals surface area contributed by atoms with Crippen LogP contribution in [0.2, 0.25) is 0 Å². The second-order valence-electron chi connectivity index (χ2n) is 3.70. The maximum absolute atomic E-state index is 11.4. The van der Waals surface area contributed by atoms with Gasteiger partial charge < -0.3 is 10.3 Å². The van der Waals surface area contributed by atoms with Crippen LogP contribution in [0.4, 0.5) is 0 Å². The minimum absolute atomic E-state index is 0.00389. The summed E-state index contributed by atoms with van der Waals surface area (Å²) in [7, 11) is 0. The monoisotopic (exact) mass is 246 g/mol. The fourth-order valence-electron chi connectivity index (χ4n) is 1.73. The van der Waals surface area contributed by atoms with Gasteiger partial charge >= 0.3 is 5.97 Å². The molecule has 0 spiro atoms. The fourth-order valence-corrected chi connectivity index (χ4v) is 1.73. The molecule has 1 aromatic carbocycles. The molecule has 6 nitrogen and oxygen atoms in total. The molecule has 6 heteroatoms. The standard InChI is InChI=1S/C12H10N2O4/c1-7(15)10-6-13-14(18)11(10)8-4-2-3-5-9(8)12(16)17/h2-6,18H,1H3,(H,16,17). The third-order valence-electron chi connectivity index (χ3n) is 2.54. The number of nitrogens with zero attached hydrogens (tertiary/aromatic N) is 2. The van der Waals surface area contributed by atoms with Gasteiger partial charge in [-0.2, -0.15) is 0 Å². The van der Waals surface area contributed by atoms with Crippen LogP contribution in [0.5, 0.6) is 0 Å². The second kappa shape index (κ2) is 4.33. The smallest absolute Gasteiger partial charge is 0.336 e. The Hall–Kier alpha value is -2.63. The van der Waals surface area contributed by atoms with E-state index in [1.807, 2.05) is 0 Å². The molecule has 0 aliphatic rings. The number of benzene rings is 1. The number of hydrogen-bond acceptors (Lipinski definition) is 4. The molecule has 1 heterocycles. The van der Waals surface area contributed by atoms with Crippen molar-refractivity contribution in [2.45, 2.75) is 6.92 Å². The lowest BCUT2D eigenvalue weighted by atomic mass is 10.0. The number of ketones is 1. The van der Waals surface area contributed by atoms with E-state index < -0.39 is 5.97 Å². The number of aromatic nitrogens is 2. The highest BCUT2D eigenvalue weighted by Gasteiger charge is 2.20. The van der Waals surface area contributed by atoms with Gasteiger partial charge in [0.1, 0.15) is 5.69 Å². The summed E-state index contributed by atoms with van der Waals surface area (Å²) >= 11 is 0. The van der Waals surface area contributed by atoms with E-state index in [0.29, 0.717) is 4.85 Å². The van der Waals surface area contributed by atoms with Gasteiger partial charge in [-0.3, -0.25) is 4.79 Å². The first kappa shape index (κ1) is 11.8. The van der Waals surface area contributed by atoms with Crippen LogP contribution in [0.25, 0.3) is 11.3 Å². The summed E-state index contributed by atoms with van der Waals surface area (Å²) in [6, 6.07) is 6.10. The van der Waals surface area contributed by atoms with Crippen LogP contribution in [0.1, 0.15) is 27.6 Å². The molecule has 1 aromatic heterocycles. The maximum atomic E-state index is 11.4. The Morgan fingerprint density at radius 1 is 1.22 bits per heavy atom. The van der Waals surface area contributed by atoms with Crippen molar-refractivity contribution in [2.75, 3.05) is 0 Å². The quantitative estimate of drug-likeness (QED) is 0.635. The molecule has 2 aromatic rings. The van der Waals surface area contributed by atoms with E-state index >= 15 is 0 Å². The summed E-state index contributed by atoms with van der Waals surface area (Å²) in [6.45, 7) is 1.32. The summed E-state index contributed by atoms with van der Waals surface area (Å²) in [5.41, 5.74) is 0.498. The van der Waals surface area contributed by atoms with Crippen molar-refractivity contribution in [2.24, 2.45) is 0 Å². The van der Waals surface area contributed by atoms with Crippen LogP contribution in [0, 0.1) is 0 Å². The first-order valence-corrected chi connectivity index (χ1v) is 5.13. The lowest BCUT2D eigenvalue weighted by Crippen LogP contribution is -2.05. The Kier molecular flexibility index (Phi) is 2.85. The minimum Gasteiger partial charge on any atom is -0.478 e. The highest BCUT2D eigenvalue weighted by atomic mass is 16.5. The third-order valence-corrected chi connectivity index (χ3v) is 2.54. The molecule has 92 valence electrons. The van der Waals surface area contributed by atoms with E-state index in [1.54, 1.807) is 12.1 Å². The van der Waals surface area contributed by atoms with Gasteiger partial charge in [0, 0.05) is 5.56 Å². The summed E-state index contributed by atoms with van der Waals surface area (Å²) in [4.78, 5) is 23.0. The van der Waals surface area contributed by atoms with Crippen molar-refractivity contribution >= 4 is 11.8 Å². The number of hydrogen-bond donors (Lipinski definition) is 2. The topological polar surface area (TPSA) is 92.4 Å². The Balaban J connectivity index is 2.73. The largest absolute Gasteiger partial charge is 0.478 e. The molecule has 0 bridgehead atoms. The summed E-state index contributed by atoms with van der Waals surface area (Å²) in [5, 5.41) is 22.3. The van der Waals surface area contributed by atoms with Gasteiger partial charge in [-0.05, 0) is 13.0 Å². The average Bonchev–Trinajstić information content (AvgIpc) is 2.71. The minimum atomic E-state index is -1.14. The van der Waals surface area contributed by atoms with Crippen molar-refractivity contribution in [3.63, 3.8) is 0 Å². The number of Topliss-reactive ketones (excluding diaryl/α,β-unsaturated/α-hetero) is 1. The van der Waals surface area contributed by atoms with Gasteiger partial charge in [0.15, 0.2) is 5.78 Å². The van der Waals surface area contributed by atoms with Crippen LogP contribution in [-0.2, 0) is 0 Å². The Bertz CT molecular complexity index is 631. The fraction of sp³-hybridized carbons (Fsp3) is 0.0833. The molecule has 2 N–H and O–H groups in total. The molecule has 18 heavy (non-hydrogen) atoms. The van der Waals surface area contributed by atoms with E-state index in [1.165, 1.54) is 25.3 Å². The van der Waals surface area contributed by atoms with Crippen LogP contribution in [0.15, 0.2) is 30.5 Å². The van der Waals surface area contributed by atoms with Gasteiger partial charge in [-0.1, -0.05) is 18.2 Å². The molecule has 0 saturated carbocycles. The average molecular weight is 246 g/mol. The van der Waals surface area contributed by atoms with Crippen molar-refractivity contribution in [3.8, 4) is 11.3 Å². The maximum Gasteiger partial charge on any atom is 0.336 e. The predicted octanol–water partition coefficient (Wildman–Crippen LogP) is 1.69.